The second-order valence-electron chi connectivity index (χ2n) is 5.69. The van der Waals surface area contributed by atoms with Gasteiger partial charge >= 0.3 is 0 Å². The predicted molar refractivity (Wildman–Crippen MR) is 102 cm³/mol. The van der Waals surface area contributed by atoms with Gasteiger partial charge in [0.05, 0.1) is 4.90 Å². The molecule has 0 radical (unpaired) electrons. The highest BCUT2D eigenvalue weighted by atomic mass is 32.2. The van der Waals surface area contributed by atoms with Gasteiger partial charge in [-0.2, -0.15) is 0 Å². The molecule has 0 fully saturated rings. The van der Waals surface area contributed by atoms with Crippen molar-refractivity contribution < 1.29 is 12.8 Å². The maximum Gasteiger partial charge on any atom is 0.262 e. The molecule has 1 heterocycles. The number of benzene rings is 2. The molecule has 0 aliphatic rings. The standard InChI is InChI=1S/C19H17FN2O2S2/c1-14-11-16(20)4-9-19(14)26(23,24)22-17-5-7-18(8-6-17)25-13-15-3-2-10-21-12-15/h2-12,22H,13H2,1H3. The Kier molecular flexibility index (Phi) is 5.58. The van der Waals surface area contributed by atoms with E-state index in [1.54, 1.807) is 37.0 Å². The van der Waals surface area contributed by atoms with Gasteiger partial charge in [0.1, 0.15) is 5.82 Å². The Hall–Kier alpha value is -2.38. The van der Waals surface area contributed by atoms with Crippen molar-refractivity contribution in [3.8, 4) is 0 Å². The van der Waals surface area contributed by atoms with Gasteiger partial charge in [-0.1, -0.05) is 6.07 Å². The Morgan fingerprint density at radius 1 is 1.12 bits per heavy atom. The number of aryl methyl sites for hydroxylation is 1. The molecule has 2 aromatic carbocycles. The number of thioether (sulfide) groups is 1. The highest BCUT2D eigenvalue weighted by Gasteiger charge is 2.17. The fourth-order valence-corrected chi connectivity index (χ4v) is 4.51. The van der Waals surface area contributed by atoms with Crippen LogP contribution in [0.15, 0.2) is 76.8 Å². The molecule has 134 valence electrons. The molecule has 1 N–H and O–H groups in total. The highest BCUT2D eigenvalue weighted by Crippen LogP contribution is 2.25. The van der Waals surface area contributed by atoms with Crippen molar-refractivity contribution in [2.45, 2.75) is 22.5 Å². The fourth-order valence-electron chi connectivity index (χ4n) is 2.39. The number of hydrogen-bond donors (Lipinski definition) is 1. The number of nitrogens with one attached hydrogen (secondary N) is 1. The summed E-state index contributed by atoms with van der Waals surface area (Å²) in [6.45, 7) is 1.57. The Balaban J connectivity index is 1.68. The zero-order valence-electron chi connectivity index (χ0n) is 14.0. The van der Waals surface area contributed by atoms with Crippen molar-refractivity contribution >= 4 is 27.5 Å². The van der Waals surface area contributed by atoms with E-state index in [0.29, 0.717) is 11.3 Å². The maximum absolute atomic E-state index is 13.2. The van der Waals surface area contributed by atoms with Gasteiger partial charge in [0.25, 0.3) is 10.0 Å². The molecule has 1 aromatic heterocycles. The summed E-state index contributed by atoms with van der Waals surface area (Å²) in [4.78, 5) is 5.17. The van der Waals surface area contributed by atoms with Crippen molar-refractivity contribution in [1.82, 2.24) is 4.98 Å². The van der Waals surface area contributed by atoms with Crippen LogP contribution >= 0.6 is 11.8 Å². The van der Waals surface area contributed by atoms with E-state index in [2.05, 4.69) is 9.71 Å². The van der Waals surface area contributed by atoms with Crippen molar-refractivity contribution in [3.05, 3.63) is 83.9 Å². The molecule has 3 aromatic rings. The normalized spacial score (nSPS) is 11.3. The summed E-state index contributed by atoms with van der Waals surface area (Å²) >= 11 is 1.64. The zero-order valence-corrected chi connectivity index (χ0v) is 15.6. The van der Waals surface area contributed by atoms with E-state index in [4.69, 9.17) is 0 Å². The molecule has 4 nitrogen and oxygen atoms in total. The first-order valence-electron chi connectivity index (χ1n) is 7.85. The van der Waals surface area contributed by atoms with Gasteiger partial charge in [0.2, 0.25) is 0 Å². The molecule has 26 heavy (non-hydrogen) atoms. The average molecular weight is 388 g/mol. The summed E-state index contributed by atoms with van der Waals surface area (Å²) in [6.07, 6.45) is 3.55. The number of nitrogens with zero attached hydrogens (tertiary/aromatic N) is 1. The lowest BCUT2D eigenvalue weighted by Gasteiger charge is -2.11. The molecule has 0 aliphatic heterocycles. The van der Waals surface area contributed by atoms with Crippen LogP contribution in [-0.2, 0) is 15.8 Å². The number of rotatable bonds is 6. The van der Waals surface area contributed by atoms with E-state index in [0.717, 1.165) is 22.3 Å². The molecule has 0 spiro atoms. The number of hydrogen-bond acceptors (Lipinski definition) is 4. The Bertz CT molecular complexity index is 992. The van der Waals surface area contributed by atoms with Crippen LogP contribution < -0.4 is 4.72 Å². The summed E-state index contributed by atoms with van der Waals surface area (Å²) in [5.41, 5.74) is 1.94. The van der Waals surface area contributed by atoms with Crippen LogP contribution in [0.5, 0.6) is 0 Å². The molecular formula is C19H17FN2O2S2. The Morgan fingerprint density at radius 3 is 2.54 bits per heavy atom. The van der Waals surface area contributed by atoms with Crippen LogP contribution in [0.25, 0.3) is 0 Å². The lowest BCUT2D eigenvalue weighted by Crippen LogP contribution is -2.14. The van der Waals surface area contributed by atoms with E-state index in [1.807, 2.05) is 30.5 Å². The number of pyridine rings is 1. The molecule has 3 rings (SSSR count). The van der Waals surface area contributed by atoms with Crippen LogP contribution in [0.3, 0.4) is 0 Å². The van der Waals surface area contributed by atoms with Crippen LogP contribution in [0, 0.1) is 12.7 Å². The van der Waals surface area contributed by atoms with E-state index in [1.165, 1.54) is 12.1 Å². The first-order valence-corrected chi connectivity index (χ1v) is 10.3. The fraction of sp³-hybridized carbons (Fsp3) is 0.105. The third-order valence-corrected chi connectivity index (χ3v) is 6.29. The smallest absolute Gasteiger partial charge is 0.262 e. The minimum absolute atomic E-state index is 0.0638. The van der Waals surface area contributed by atoms with Gasteiger partial charge in [-0.25, -0.2) is 12.8 Å². The van der Waals surface area contributed by atoms with Crippen LogP contribution in [0.4, 0.5) is 10.1 Å². The first kappa shape index (κ1) is 18.4. The van der Waals surface area contributed by atoms with E-state index in [-0.39, 0.29) is 4.90 Å². The molecule has 0 bridgehead atoms. The molecule has 0 saturated carbocycles. The summed E-state index contributed by atoms with van der Waals surface area (Å²) < 4.78 is 40.7. The Labute approximate surface area is 156 Å². The predicted octanol–water partition coefficient (Wildman–Crippen LogP) is 4.62. The van der Waals surface area contributed by atoms with Gasteiger partial charge in [-0.15, -0.1) is 11.8 Å². The monoisotopic (exact) mass is 388 g/mol. The topological polar surface area (TPSA) is 59.1 Å². The number of sulfonamides is 1. The molecule has 0 atom stereocenters. The number of halogens is 1. The van der Waals surface area contributed by atoms with Gasteiger partial charge in [0, 0.05) is 28.7 Å². The summed E-state index contributed by atoms with van der Waals surface area (Å²) in [7, 11) is -3.76. The lowest BCUT2D eigenvalue weighted by molar-refractivity contribution is 0.598. The van der Waals surface area contributed by atoms with E-state index in [9.17, 15) is 12.8 Å². The third kappa shape index (κ3) is 4.62. The molecule has 0 aliphatic carbocycles. The van der Waals surface area contributed by atoms with E-state index >= 15 is 0 Å². The summed E-state index contributed by atoms with van der Waals surface area (Å²) in [6, 6.07) is 14.6. The molecule has 0 unspecified atom stereocenters. The van der Waals surface area contributed by atoms with E-state index < -0.39 is 15.8 Å². The quantitative estimate of drug-likeness (QED) is 0.626. The molecule has 7 heteroatoms. The highest BCUT2D eigenvalue weighted by molar-refractivity contribution is 7.98. The van der Waals surface area contributed by atoms with Crippen LogP contribution in [0.2, 0.25) is 0 Å². The summed E-state index contributed by atoms with van der Waals surface area (Å²) in [5, 5.41) is 0. The second kappa shape index (κ2) is 7.88. The SMILES string of the molecule is Cc1cc(F)ccc1S(=O)(=O)Nc1ccc(SCc2cccnc2)cc1. The number of anilines is 1. The second-order valence-corrected chi connectivity index (χ2v) is 8.39. The molecular weight excluding hydrogens is 371 g/mol. The third-order valence-electron chi connectivity index (χ3n) is 3.66. The number of aromatic nitrogens is 1. The van der Waals surface area contributed by atoms with Gasteiger partial charge in [-0.3, -0.25) is 9.71 Å². The zero-order chi connectivity index (χ0) is 18.6. The largest absolute Gasteiger partial charge is 0.280 e. The first-order chi connectivity index (χ1) is 12.4. The maximum atomic E-state index is 13.2. The average Bonchev–Trinajstić information content (AvgIpc) is 2.61. The van der Waals surface area contributed by atoms with Gasteiger partial charge < -0.3 is 0 Å². The van der Waals surface area contributed by atoms with Gasteiger partial charge in [-0.05, 0) is 66.6 Å². The molecule has 0 amide bonds. The lowest BCUT2D eigenvalue weighted by atomic mass is 10.2. The minimum Gasteiger partial charge on any atom is -0.280 e. The van der Waals surface area contributed by atoms with Crippen molar-refractivity contribution in [2.24, 2.45) is 0 Å². The minimum atomic E-state index is -3.76. The Morgan fingerprint density at radius 2 is 1.88 bits per heavy atom. The van der Waals surface area contributed by atoms with Crippen molar-refractivity contribution in [1.29, 1.82) is 0 Å². The van der Waals surface area contributed by atoms with Crippen molar-refractivity contribution in [2.75, 3.05) is 4.72 Å². The molecule has 0 saturated heterocycles. The summed E-state index contributed by atoms with van der Waals surface area (Å²) in [5.74, 6) is 0.324. The van der Waals surface area contributed by atoms with Gasteiger partial charge in [0.15, 0.2) is 0 Å². The van der Waals surface area contributed by atoms with Crippen molar-refractivity contribution in [3.63, 3.8) is 0 Å². The van der Waals surface area contributed by atoms with Crippen LogP contribution in [-0.4, -0.2) is 13.4 Å². The van der Waals surface area contributed by atoms with Crippen LogP contribution in [0.1, 0.15) is 11.1 Å².